The minimum absolute atomic E-state index is 0.102. The summed E-state index contributed by atoms with van der Waals surface area (Å²) in [6, 6.07) is 16.4. The smallest absolute Gasteiger partial charge is 0.260 e. The Morgan fingerprint density at radius 3 is 2.15 bits per heavy atom. The van der Waals surface area contributed by atoms with Crippen molar-refractivity contribution in [1.82, 2.24) is 14.4 Å². The Morgan fingerprint density at radius 1 is 0.939 bits per heavy atom. The number of para-hydroxylation sites is 1. The summed E-state index contributed by atoms with van der Waals surface area (Å²) in [6.45, 7) is 4.01. The summed E-state index contributed by atoms with van der Waals surface area (Å²) in [5.41, 5.74) is 0.333. The van der Waals surface area contributed by atoms with E-state index in [0.29, 0.717) is 17.2 Å². The molecule has 0 atom stereocenters. The van der Waals surface area contributed by atoms with Gasteiger partial charge in [-0.05, 0) is 50.2 Å². The molecule has 1 saturated heterocycles. The minimum atomic E-state index is -3.72. The average Bonchev–Trinajstić information content (AvgIpc) is 3.17. The lowest BCUT2D eigenvalue weighted by Crippen LogP contribution is -2.51. The van der Waals surface area contributed by atoms with Gasteiger partial charge in [-0.2, -0.15) is 4.31 Å². The maximum absolute atomic E-state index is 12.9. The first kappa shape index (κ1) is 22.8. The van der Waals surface area contributed by atoms with Crippen LogP contribution in [-0.2, 0) is 14.8 Å². The highest BCUT2D eigenvalue weighted by Crippen LogP contribution is 2.25. The van der Waals surface area contributed by atoms with Gasteiger partial charge < -0.3 is 18.9 Å². The van der Waals surface area contributed by atoms with Crippen molar-refractivity contribution in [2.75, 3.05) is 32.8 Å². The Morgan fingerprint density at radius 2 is 1.55 bits per heavy atom. The van der Waals surface area contributed by atoms with Crippen molar-refractivity contribution in [2.45, 2.75) is 18.7 Å². The zero-order valence-electron chi connectivity index (χ0n) is 18.4. The number of hydrogen-bond donors (Lipinski definition) is 0. The molecule has 9 nitrogen and oxygen atoms in total. The number of carbonyl (C=O) groups excluding carboxylic acids is 1. The Labute approximate surface area is 192 Å². The molecule has 2 aromatic carbocycles. The van der Waals surface area contributed by atoms with Crippen molar-refractivity contribution in [1.29, 1.82) is 0 Å². The van der Waals surface area contributed by atoms with Crippen molar-refractivity contribution in [3.8, 4) is 17.2 Å². The number of ether oxygens (including phenoxy) is 2. The topological polar surface area (TPSA) is 102 Å². The summed E-state index contributed by atoms with van der Waals surface area (Å²) in [4.78, 5) is 14.3. The number of sulfonamides is 1. The van der Waals surface area contributed by atoms with Crippen LogP contribution in [0.4, 0.5) is 0 Å². The zero-order valence-corrected chi connectivity index (χ0v) is 19.2. The molecule has 0 spiro atoms. The monoisotopic (exact) mass is 471 g/mol. The van der Waals surface area contributed by atoms with E-state index in [-0.39, 0.29) is 49.3 Å². The highest BCUT2D eigenvalue weighted by molar-refractivity contribution is 7.89. The molecular weight excluding hydrogens is 446 g/mol. The van der Waals surface area contributed by atoms with E-state index in [2.05, 4.69) is 5.16 Å². The Hall–Kier alpha value is -3.37. The van der Waals surface area contributed by atoms with Gasteiger partial charge in [-0.15, -0.1) is 0 Å². The normalized spacial score (nSPS) is 14.8. The second-order valence-corrected chi connectivity index (χ2v) is 9.49. The molecule has 33 heavy (non-hydrogen) atoms. The molecule has 1 amide bonds. The third kappa shape index (κ3) is 5.18. The van der Waals surface area contributed by atoms with Crippen molar-refractivity contribution < 1.29 is 27.2 Å². The fraction of sp³-hybridized carbons (Fsp3) is 0.304. The van der Waals surface area contributed by atoms with E-state index >= 15 is 0 Å². The highest BCUT2D eigenvalue weighted by atomic mass is 32.2. The lowest BCUT2D eigenvalue weighted by atomic mass is 10.3. The van der Waals surface area contributed by atoms with Crippen LogP contribution in [0, 0.1) is 13.8 Å². The molecule has 0 bridgehead atoms. The van der Waals surface area contributed by atoms with Gasteiger partial charge in [0.25, 0.3) is 5.91 Å². The van der Waals surface area contributed by atoms with E-state index in [1.165, 1.54) is 4.31 Å². The average molecular weight is 472 g/mol. The molecule has 2 heterocycles. The zero-order chi connectivity index (χ0) is 23.4. The number of carbonyl (C=O) groups is 1. The van der Waals surface area contributed by atoms with Crippen LogP contribution in [0.3, 0.4) is 0 Å². The number of nitrogens with zero attached hydrogens (tertiary/aromatic N) is 3. The number of benzene rings is 2. The standard InChI is InChI=1S/C23H25N3O6S/c1-17-23(18(2)32-24-17)33(28,29)26-14-12-25(13-15-26)22(27)16-30-19-8-10-21(11-9-19)31-20-6-4-3-5-7-20/h3-11H,12-16H2,1-2H3. The second-order valence-electron chi connectivity index (χ2n) is 7.61. The van der Waals surface area contributed by atoms with Gasteiger partial charge in [0, 0.05) is 26.2 Å². The quantitative estimate of drug-likeness (QED) is 0.522. The highest BCUT2D eigenvalue weighted by Gasteiger charge is 2.34. The first-order valence-corrected chi connectivity index (χ1v) is 11.9. The predicted molar refractivity (Wildman–Crippen MR) is 120 cm³/mol. The molecule has 174 valence electrons. The maximum Gasteiger partial charge on any atom is 0.260 e. The van der Waals surface area contributed by atoms with E-state index in [1.807, 2.05) is 30.3 Å². The Bertz CT molecular complexity index is 1180. The number of amides is 1. The lowest BCUT2D eigenvalue weighted by Gasteiger charge is -2.33. The fourth-order valence-corrected chi connectivity index (χ4v) is 5.33. The van der Waals surface area contributed by atoms with Crippen LogP contribution in [0.5, 0.6) is 17.2 Å². The maximum atomic E-state index is 12.9. The molecule has 1 aliphatic rings. The molecule has 3 aromatic rings. The van der Waals surface area contributed by atoms with Gasteiger partial charge in [0.1, 0.15) is 27.8 Å². The van der Waals surface area contributed by atoms with E-state index in [9.17, 15) is 13.2 Å². The molecule has 0 radical (unpaired) electrons. The summed E-state index contributed by atoms with van der Waals surface area (Å²) in [5.74, 6) is 2.00. The molecule has 1 aromatic heterocycles. The first-order chi connectivity index (χ1) is 15.8. The van der Waals surface area contributed by atoms with Crippen LogP contribution < -0.4 is 9.47 Å². The molecule has 0 saturated carbocycles. The molecule has 0 unspecified atom stereocenters. The second kappa shape index (κ2) is 9.63. The van der Waals surface area contributed by atoms with Gasteiger partial charge in [-0.25, -0.2) is 8.42 Å². The van der Waals surface area contributed by atoms with Gasteiger partial charge in [0.05, 0.1) is 0 Å². The molecule has 10 heteroatoms. The third-order valence-electron chi connectivity index (χ3n) is 5.32. The fourth-order valence-electron chi connectivity index (χ4n) is 3.61. The van der Waals surface area contributed by atoms with Crippen LogP contribution in [0.2, 0.25) is 0 Å². The van der Waals surface area contributed by atoms with E-state index in [0.717, 1.165) is 5.75 Å². The van der Waals surface area contributed by atoms with Crippen LogP contribution in [0.25, 0.3) is 0 Å². The van der Waals surface area contributed by atoms with E-state index in [4.69, 9.17) is 14.0 Å². The van der Waals surface area contributed by atoms with Gasteiger partial charge in [0.15, 0.2) is 12.4 Å². The van der Waals surface area contributed by atoms with Gasteiger partial charge in [-0.1, -0.05) is 23.4 Å². The Kier molecular flexibility index (Phi) is 6.66. The molecular formula is C23H25N3O6S. The lowest BCUT2D eigenvalue weighted by molar-refractivity contribution is -0.134. The summed E-state index contributed by atoms with van der Waals surface area (Å²) >= 11 is 0. The van der Waals surface area contributed by atoms with E-state index < -0.39 is 10.0 Å². The van der Waals surface area contributed by atoms with Crippen LogP contribution in [0.1, 0.15) is 11.5 Å². The molecule has 0 N–H and O–H groups in total. The van der Waals surface area contributed by atoms with Gasteiger partial charge in [-0.3, -0.25) is 4.79 Å². The summed E-state index contributed by atoms with van der Waals surface area (Å²) in [7, 11) is -3.72. The number of aromatic nitrogens is 1. The van der Waals surface area contributed by atoms with Crippen molar-refractivity contribution >= 4 is 15.9 Å². The number of rotatable bonds is 7. The molecule has 1 aliphatic heterocycles. The SMILES string of the molecule is Cc1noc(C)c1S(=O)(=O)N1CCN(C(=O)COc2ccc(Oc3ccccc3)cc2)CC1. The van der Waals surface area contributed by atoms with E-state index in [1.54, 1.807) is 43.0 Å². The first-order valence-electron chi connectivity index (χ1n) is 10.5. The predicted octanol–water partition coefficient (Wildman–Crippen LogP) is 3.00. The number of piperazine rings is 1. The number of hydrogen-bond acceptors (Lipinski definition) is 7. The van der Waals surface area contributed by atoms with Gasteiger partial charge in [0.2, 0.25) is 10.0 Å². The molecule has 4 rings (SSSR count). The van der Waals surface area contributed by atoms with Gasteiger partial charge >= 0.3 is 0 Å². The molecule has 0 aliphatic carbocycles. The van der Waals surface area contributed by atoms with Crippen molar-refractivity contribution in [2.24, 2.45) is 0 Å². The van der Waals surface area contributed by atoms with Crippen LogP contribution in [0.15, 0.2) is 64.0 Å². The summed E-state index contributed by atoms with van der Waals surface area (Å²) < 4.78 is 43.5. The third-order valence-corrected chi connectivity index (χ3v) is 7.47. The van der Waals surface area contributed by atoms with Crippen LogP contribution in [-0.4, -0.2) is 61.5 Å². The Balaban J connectivity index is 1.27. The van der Waals surface area contributed by atoms with Crippen LogP contribution >= 0.6 is 0 Å². The molecule has 1 fully saturated rings. The summed E-state index contributed by atoms with van der Waals surface area (Å²) in [6.07, 6.45) is 0. The number of aryl methyl sites for hydroxylation is 2. The van der Waals surface area contributed by atoms with Crippen molar-refractivity contribution in [3.63, 3.8) is 0 Å². The minimum Gasteiger partial charge on any atom is -0.484 e. The van der Waals surface area contributed by atoms with Crippen molar-refractivity contribution in [3.05, 3.63) is 66.1 Å². The largest absolute Gasteiger partial charge is 0.484 e. The summed E-state index contributed by atoms with van der Waals surface area (Å²) in [5, 5.41) is 3.73.